The maximum Gasteiger partial charge on any atom is 0.223 e. The van der Waals surface area contributed by atoms with Gasteiger partial charge in [-0.05, 0) is 40.0 Å². The number of rotatable bonds is 4. The van der Waals surface area contributed by atoms with Gasteiger partial charge in [-0.25, -0.2) is 0 Å². The lowest BCUT2D eigenvalue weighted by Crippen LogP contribution is -2.30. The zero-order valence-electron chi connectivity index (χ0n) is 13.3. The van der Waals surface area contributed by atoms with Crippen molar-refractivity contribution in [2.24, 2.45) is 0 Å². The number of hydrogen-bond donors (Lipinski definition) is 0. The smallest absolute Gasteiger partial charge is 0.223 e. The Morgan fingerprint density at radius 2 is 2.14 bits per heavy atom. The Bertz CT molecular complexity index is 654. The summed E-state index contributed by atoms with van der Waals surface area (Å²) >= 11 is 0. The Morgan fingerprint density at radius 3 is 2.77 bits per heavy atom. The molecule has 2 aromatic rings. The van der Waals surface area contributed by atoms with E-state index in [4.69, 9.17) is 9.05 Å². The van der Waals surface area contributed by atoms with E-state index in [1.807, 2.05) is 31.7 Å². The first-order valence-electron chi connectivity index (χ1n) is 7.70. The number of aromatic nitrogens is 2. The second-order valence-electron chi connectivity index (χ2n) is 5.92. The third-order valence-corrected chi connectivity index (χ3v) is 4.32. The van der Waals surface area contributed by atoms with E-state index in [1.165, 1.54) is 0 Å². The molecule has 22 heavy (non-hydrogen) atoms. The molecule has 3 heterocycles. The number of likely N-dealkylation sites (tertiary alicyclic amines) is 1. The summed E-state index contributed by atoms with van der Waals surface area (Å²) in [6.07, 6.45) is 3.07. The number of amides is 1. The van der Waals surface area contributed by atoms with Crippen molar-refractivity contribution in [3.63, 3.8) is 0 Å². The molecule has 1 aliphatic heterocycles. The molecule has 0 radical (unpaired) electrons. The van der Waals surface area contributed by atoms with Crippen LogP contribution in [0.2, 0.25) is 0 Å². The van der Waals surface area contributed by atoms with Gasteiger partial charge in [0.15, 0.2) is 5.76 Å². The van der Waals surface area contributed by atoms with Crippen LogP contribution in [0.15, 0.2) is 15.1 Å². The fraction of sp³-hybridized carbons (Fsp3) is 0.562. The fourth-order valence-corrected chi connectivity index (χ4v) is 3.14. The lowest BCUT2D eigenvalue weighted by Gasteiger charge is -2.22. The molecule has 6 nitrogen and oxygen atoms in total. The van der Waals surface area contributed by atoms with Gasteiger partial charge in [-0.2, -0.15) is 0 Å². The van der Waals surface area contributed by atoms with E-state index in [0.717, 1.165) is 47.9 Å². The maximum absolute atomic E-state index is 12.6. The summed E-state index contributed by atoms with van der Waals surface area (Å²) in [4.78, 5) is 14.5. The number of carbonyl (C=O) groups excluding carboxylic acids is 1. The van der Waals surface area contributed by atoms with E-state index in [-0.39, 0.29) is 11.9 Å². The van der Waals surface area contributed by atoms with E-state index in [9.17, 15) is 4.79 Å². The highest BCUT2D eigenvalue weighted by molar-refractivity contribution is 5.77. The molecule has 0 N–H and O–H groups in total. The van der Waals surface area contributed by atoms with Crippen molar-refractivity contribution in [2.75, 3.05) is 6.54 Å². The van der Waals surface area contributed by atoms with Crippen molar-refractivity contribution in [3.8, 4) is 0 Å². The maximum atomic E-state index is 12.6. The number of nitrogens with zero attached hydrogens (tertiary/aromatic N) is 3. The predicted octanol–water partition coefficient (Wildman–Crippen LogP) is 2.88. The first-order chi connectivity index (χ1) is 10.6. The van der Waals surface area contributed by atoms with Crippen LogP contribution in [0.4, 0.5) is 0 Å². The van der Waals surface area contributed by atoms with Crippen LogP contribution < -0.4 is 0 Å². The molecule has 1 amide bonds. The highest BCUT2D eigenvalue weighted by Crippen LogP contribution is 2.33. The summed E-state index contributed by atoms with van der Waals surface area (Å²) < 4.78 is 10.5. The Labute approximate surface area is 129 Å². The molecule has 6 heteroatoms. The highest BCUT2D eigenvalue weighted by Gasteiger charge is 2.32. The number of aryl methyl sites for hydroxylation is 3. The summed E-state index contributed by atoms with van der Waals surface area (Å²) in [6, 6.07) is 1.95. The van der Waals surface area contributed by atoms with Crippen LogP contribution in [-0.4, -0.2) is 27.7 Å². The van der Waals surface area contributed by atoms with Gasteiger partial charge in [-0.3, -0.25) is 4.79 Å². The Hall–Kier alpha value is -2.11. The van der Waals surface area contributed by atoms with Gasteiger partial charge >= 0.3 is 0 Å². The van der Waals surface area contributed by atoms with Crippen LogP contribution in [0.1, 0.15) is 53.8 Å². The molecular formula is C16H21N3O3. The topological polar surface area (TPSA) is 72.4 Å². The largest absolute Gasteiger partial charge is 0.361 e. The molecule has 1 fully saturated rings. The Balaban J connectivity index is 1.66. The van der Waals surface area contributed by atoms with Crippen LogP contribution in [-0.2, 0) is 11.2 Å². The third kappa shape index (κ3) is 2.77. The molecule has 0 aliphatic carbocycles. The number of carbonyl (C=O) groups is 1. The molecule has 2 aromatic heterocycles. The van der Waals surface area contributed by atoms with Crippen molar-refractivity contribution in [3.05, 3.63) is 34.5 Å². The molecule has 0 bridgehead atoms. The Kier molecular flexibility index (Phi) is 4.00. The van der Waals surface area contributed by atoms with Crippen molar-refractivity contribution in [2.45, 2.75) is 52.5 Å². The average molecular weight is 303 g/mol. The fourth-order valence-electron chi connectivity index (χ4n) is 3.14. The van der Waals surface area contributed by atoms with Crippen molar-refractivity contribution in [1.82, 2.24) is 15.2 Å². The van der Waals surface area contributed by atoms with Crippen LogP contribution in [0, 0.1) is 20.8 Å². The lowest BCUT2D eigenvalue weighted by atomic mass is 10.1. The standard InChI is InChI=1S/C16H21N3O3/c1-10-9-15(22-17-10)14-5-4-8-19(14)16(20)7-6-13-11(2)18-21-12(13)3/h9,14H,4-8H2,1-3H3. The summed E-state index contributed by atoms with van der Waals surface area (Å²) in [6.45, 7) is 6.47. The van der Waals surface area contributed by atoms with Crippen LogP contribution in [0.3, 0.4) is 0 Å². The molecular weight excluding hydrogens is 282 g/mol. The predicted molar refractivity (Wildman–Crippen MR) is 79.2 cm³/mol. The molecule has 1 aliphatic rings. The van der Waals surface area contributed by atoms with Gasteiger partial charge in [0.2, 0.25) is 5.91 Å². The third-order valence-electron chi connectivity index (χ3n) is 4.32. The van der Waals surface area contributed by atoms with E-state index in [0.29, 0.717) is 12.8 Å². The van der Waals surface area contributed by atoms with Crippen LogP contribution >= 0.6 is 0 Å². The van der Waals surface area contributed by atoms with Crippen molar-refractivity contribution in [1.29, 1.82) is 0 Å². The SMILES string of the molecule is Cc1cc(C2CCCN2C(=O)CCc2c(C)noc2C)on1. The van der Waals surface area contributed by atoms with E-state index >= 15 is 0 Å². The van der Waals surface area contributed by atoms with Gasteiger partial charge in [0.1, 0.15) is 5.76 Å². The molecule has 118 valence electrons. The highest BCUT2D eigenvalue weighted by atomic mass is 16.5. The second kappa shape index (κ2) is 5.94. The second-order valence-corrected chi connectivity index (χ2v) is 5.92. The molecule has 0 spiro atoms. The van der Waals surface area contributed by atoms with Crippen molar-refractivity contribution < 1.29 is 13.8 Å². The normalized spacial score (nSPS) is 18.1. The average Bonchev–Trinajstić information content (AvgIpc) is 3.18. The van der Waals surface area contributed by atoms with Gasteiger partial charge in [0, 0.05) is 24.6 Å². The van der Waals surface area contributed by atoms with Gasteiger partial charge in [-0.15, -0.1) is 0 Å². The molecule has 1 atom stereocenters. The van der Waals surface area contributed by atoms with Gasteiger partial charge < -0.3 is 13.9 Å². The molecule has 1 saturated heterocycles. The monoisotopic (exact) mass is 303 g/mol. The van der Waals surface area contributed by atoms with E-state index in [2.05, 4.69) is 10.3 Å². The molecule has 0 aromatic carbocycles. The van der Waals surface area contributed by atoms with Crippen molar-refractivity contribution >= 4 is 5.91 Å². The van der Waals surface area contributed by atoms with Gasteiger partial charge in [0.25, 0.3) is 0 Å². The summed E-state index contributed by atoms with van der Waals surface area (Å²) in [5, 5.41) is 7.86. The molecule has 0 saturated carbocycles. The zero-order chi connectivity index (χ0) is 15.7. The zero-order valence-corrected chi connectivity index (χ0v) is 13.3. The quantitative estimate of drug-likeness (QED) is 0.868. The minimum atomic E-state index is 0.0263. The summed E-state index contributed by atoms with van der Waals surface area (Å²) in [5.41, 5.74) is 2.76. The summed E-state index contributed by atoms with van der Waals surface area (Å²) in [7, 11) is 0. The minimum Gasteiger partial charge on any atom is -0.361 e. The van der Waals surface area contributed by atoms with Crippen LogP contribution in [0.5, 0.6) is 0 Å². The van der Waals surface area contributed by atoms with Crippen LogP contribution in [0.25, 0.3) is 0 Å². The first-order valence-corrected chi connectivity index (χ1v) is 7.70. The minimum absolute atomic E-state index is 0.0263. The lowest BCUT2D eigenvalue weighted by molar-refractivity contribution is -0.132. The number of hydrogen-bond acceptors (Lipinski definition) is 5. The van der Waals surface area contributed by atoms with E-state index < -0.39 is 0 Å². The van der Waals surface area contributed by atoms with Gasteiger partial charge in [0.05, 0.1) is 17.4 Å². The first kappa shape index (κ1) is 14.8. The Morgan fingerprint density at radius 1 is 1.32 bits per heavy atom. The van der Waals surface area contributed by atoms with E-state index in [1.54, 1.807) is 0 Å². The summed E-state index contributed by atoms with van der Waals surface area (Å²) in [5.74, 6) is 1.74. The van der Waals surface area contributed by atoms with Gasteiger partial charge in [-0.1, -0.05) is 10.3 Å². The molecule has 3 rings (SSSR count). The molecule has 1 unspecified atom stereocenters.